The molecule has 88 valence electrons. The van der Waals surface area contributed by atoms with Gasteiger partial charge in [-0.2, -0.15) is 0 Å². The van der Waals surface area contributed by atoms with E-state index in [-0.39, 0.29) is 6.04 Å². The molecule has 16 heavy (non-hydrogen) atoms. The van der Waals surface area contributed by atoms with Crippen LogP contribution in [0.1, 0.15) is 50.8 Å². The maximum absolute atomic E-state index is 5.89. The summed E-state index contributed by atoms with van der Waals surface area (Å²) in [6.45, 7) is 1.93. The van der Waals surface area contributed by atoms with Gasteiger partial charge in [0.15, 0.2) is 0 Å². The maximum atomic E-state index is 5.89. The maximum Gasteiger partial charge on any atom is 0.138 e. The zero-order valence-electron chi connectivity index (χ0n) is 9.86. The van der Waals surface area contributed by atoms with Gasteiger partial charge in [-0.25, -0.2) is 0 Å². The minimum atomic E-state index is -0.0104. The summed E-state index contributed by atoms with van der Waals surface area (Å²) in [7, 11) is 0. The SMILES string of the molecule is C[C@@H](N)c1ccc(OC2CCCCC2)cn1. The molecule has 0 aliphatic heterocycles. The molecule has 3 nitrogen and oxygen atoms in total. The quantitative estimate of drug-likeness (QED) is 0.852. The van der Waals surface area contributed by atoms with Crippen LogP contribution in [0.2, 0.25) is 0 Å². The lowest BCUT2D eigenvalue weighted by Crippen LogP contribution is -2.19. The number of hydrogen-bond acceptors (Lipinski definition) is 3. The molecular formula is C13H20N2O. The molecule has 0 bridgehead atoms. The first-order valence-electron chi connectivity index (χ1n) is 6.14. The van der Waals surface area contributed by atoms with Crippen LogP contribution in [-0.4, -0.2) is 11.1 Å². The normalized spacial score (nSPS) is 19.4. The van der Waals surface area contributed by atoms with Crippen LogP contribution in [-0.2, 0) is 0 Å². The van der Waals surface area contributed by atoms with Crippen LogP contribution >= 0.6 is 0 Å². The number of rotatable bonds is 3. The highest BCUT2D eigenvalue weighted by atomic mass is 16.5. The highest BCUT2D eigenvalue weighted by Crippen LogP contribution is 2.23. The molecule has 0 spiro atoms. The van der Waals surface area contributed by atoms with E-state index in [0.29, 0.717) is 6.10 Å². The van der Waals surface area contributed by atoms with Gasteiger partial charge in [-0.3, -0.25) is 4.98 Å². The summed E-state index contributed by atoms with van der Waals surface area (Å²) in [5.74, 6) is 0.872. The van der Waals surface area contributed by atoms with Gasteiger partial charge in [-0.1, -0.05) is 6.42 Å². The Balaban J connectivity index is 1.93. The summed E-state index contributed by atoms with van der Waals surface area (Å²) in [4.78, 5) is 4.29. The molecule has 0 radical (unpaired) electrons. The van der Waals surface area contributed by atoms with Gasteiger partial charge in [-0.05, 0) is 44.7 Å². The summed E-state index contributed by atoms with van der Waals surface area (Å²) in [6, 6.07) is 3.91. The molecule has 1 atom stereocenters. The van der Waals surface area contributed by atoms with Crippen LogP contribution in [0, 0.1) is 0 Å². The topological polar surface area (TPSA) is 48.1 Å². The van der Waals surface area contributed by atoms with Gasteiger partial charge in [0.2, 0.25) is 0 Å². The van der Waals surface area contributed by atoms with Crippen molar-refractivity contribution in [1.29, 1.82) is 0 Å². The van der Waals surface area contributed by atoms with Crippen molar-refractivity contribution in [3.8, 4) is 5.75 Å². The zero-order chi connectivity index (χ0) is 11.4. The predicted molar refractivity (Wildman–Crippen MR) is 64.3 cm³/mol. The van der Waals surface area contributed by atoms with E-state index >= 15 is 0 Å². The first kappa shape index (κ1) is 11.4. The fraction of sp³-hybridized carbons (Fsp3) is 0.615. The first-order valence-corrected chi connectivity index (χ1v) is 6.14. The second-order valence-electron chi connectivity index (χ2n) is 4.59. The van der Waals surface area contributed by atoms with Gasteiger partial charge in [0.05, 0.1) is 18.0 Å². The molecule has 1 saturated carbocycles. The third kappa shape index (κ3) is 2.95. The third-order valence-electron chi connectivity index (χ3n) is 3.08. The molecule has 0 aromatic carbocycles. The second kappa shape index (κ2) is 5.30. The van der Waals surface area contributed by atoms with Crippen molar-refractivity contribution in [2.45, 2.75) is 51.2 Å². The molecule has 0 saturated heterocycles. The van der Waals surface area contributed by atoms with E-state index < -0.39 is 0 Å². The van der Waals surface area contributed by atoms with E-state index in [9.17, 15) is 0 Å². The van der Waals surface area contributed by atoms with E-state index in [1.165, 1.54) is 32.1 Å². The molecule has 1 aromatic rings. The van der Waals surface area contributed by atoms with Crippen LogP contribution < -0.4 is 10.5 Å². The van der Waals surface area contributed by atoms with Crippen molar-refractivity contribution in [2.24, 2.45) is 5.73 Å². The Morgan fingerprint density at radius 1 is 1.31 bits per heavy atom. The van der Waals surface area contributed by atoms with Crippen molar-refractivity contribution >= 4 is 0 Å². The van der Waals surface area contributed by atoms with E-state index in [4.69, 9.17) is 10.5 Å². The monoisotopic (exact) mass is 220 g/mol. The smallest absolute Gasteiger partial charge is 0.138 e. The van der Waals surface area contributed by atoms with Crippen molar-refractivity contribution in [1.82, 2.24) is 4.98 Å². The Kier molecular flexibility index (Phi) is 3.78. The average Bonchev–Trinajstić information content (AvgIpc) is 2.31. The van der Waals surface area contributed by atoms with E-state index in [0.717, 1.165) is 11.4 Å². The Bertz CT molecular complexity index is 315. The second-order valence-corrected chi connectivity index (χ2v) is 4.59. The van der Waals surface area contributed by atoms with Gasteiger partial charge in [0, 0.05) is 6.04 Å². The molecule has 0 amide bonds. The van der Waals surface area contributed by atoms with E-state index in [2.05, 4.69) is 4.98 Å². The van der Waals surface area contributed by atoms with Gasteiger partial charge < -0.3 is 10.5 Å². The van der Waals surface area contributed by atoms with Crippen LogP contribution in [0.25, 0.3) is 0 Å². The van der Waals surface area contributed by atoms with Gasteiger partial charge in [0.25, 0.3) is 0 Å². The van der Waals surface area contributed by atoms with Gasteiger partial charge >= 0.3 is 0 Å². The number of pyridine rings is 1. The van der Waals surface area contributed by atoms with E-state index in [1.54, 1.807) is 6.20 Å². The van der Waals surface area contributed by atoms with Gasteiger partial charge in [-0.15, -0.1) is 0 Å². The first-order chi connectivity index (χ1) is 7.75. The van der Waals surface area contributed by atoms with Crippen LogP contribution in [0.15, 0.2) is 18.3 Å². The van der Waals surface area contributed by atoms with Crippen molar-refractivity contribution in [3.63, 3.8) is 0 Å². The molecule has 1 aromatic heterocycles. The van der Waals surface area contributed by atoms with Crippen LogP contribution in [0.3, 0.4) is 0 Å². The minimum absolute atomic E-state index is 0.0104. The summed E-state index contributed by atoms with van der Waals surface area (Å²) in [6.07, 6.45) is 8.45. The van der Waals surface area contributed by atoms with Crippen molar-refractivity contribution < 1.29 is 4.74 Å². The standard InChI is InChI=1S/C13H20N2O/c1-10(14)13-8-7-12(9-15-13)16-11-5-3-2-4-6-11/h7-11H,2-6,14H2,1H3/t10-/m1/s1. The van der Waals surface area contributed by atoms with Crippen molar-refractivity contribution in [2.75, 3.05) is 0 Å². The summed E-state index contributed by atoms with van der Waals surface area (Å²) in [5.41, 5.74) is 6.66. The fourth-order valence-electron chi connectivity index (χ4n) is 2.11. The molecule has 1 aliphatic rings. The molecule has 1 fully saturated rings. The lowest BCUT2D eigenvalue weighted by molar-refractivity contribution is 0.154. The molecule has 2 N–H and O–H groups in total. The Morgan fingerprint density at radius 2 is 2.06 bits per heavy atom. The minimum Gasteiger partial charge on any atom is -0.489 e. The fourth-order valence-corrected chi connectivity index (χ4v) is 2.11. The summed E-state index contributed by atoms with van der Waals surface area (Å²) in [5, 5.41) is 0. The number of nitrogens with zero attached hydrogens (tertiary/aromatic N) is 1. The molecule has 0 unspecified atom stereocenters. The highest BCUT2D eigenvalue weighted by Gasteiger charge is 2.14. The predicted octanol–water partition coefficient (Wildman–Crippen LogP) is 2.81. The summed E-state index contributed by atoms with van der Waals surface area (Å²) >= 11 is 0. The van der Waals surface area contributed by atoms with Crippen LogP contribution in [0.5, 0.6) is 5.75 Å². The average molecular weight is 220 g/mol. The lowest BCUT2D eigenvalue weighted by atomic mass is 9.98. The number of hydrogen-bond donors (Lipinski definition) is 1. The molecule has 2 rings (SSSR count). The molecule has 1 heterocycles. The van der Waals surface area contributed by atoms with Crippen molar-refractivity contribution in [3.05, 3.63) is 24.0 Å². The lowest BCUT2D eigenvalue weighted by Gasteiger charge is -2.22. The number of aromatic nitrogens is 1. The van der Waals surface area contributed by atoms with Crippen LogP contribution in [0.4, 0.5) is 0 Å². The largest absolute Gasteiger partial charge is 0.489 e. The molecule has 1 aliphatic carbocycles. The molecular weight excluding hydrogens is 200 g/mol. The zero-order valence-corrected chi connectivity index (χ0v) is 9.86. The third-order valence-corrected chi connectivity index (χ3v) is 3.08. The van der Waals surface area contributed by atoms with Gasteiger partial charge in [0.1, 0.15) is 5.75 Å². The summed E-state index contributed by atoms with van der Waals surface area (Å²) < 4.78 is 5.89. The Morgan fingerprint density at radius 3 is 2.62 bits per heavy atom. The Labute approximate surface area is 97.0 Å². The molecule has 3 heteroatoms. The Hall–Kier alpha value is -1.09. The van der Waals surface area contributed by atoms with E-state index in [1.807, 2.05) is 19.1 Å². The number of ether oxygens (including phenoxy) is 1. The number of nitrogens with two attached hydrogens (primary N) is 1. The highest BCUT2D eigenvalue weighted by molar-refractivity contribution is 5.21.